The van der Waals surface area contributed by atoms with Gasteiger partial charge in [-0.1, -0.05) is 0 Å². The van der Waals surface area contributed by atoms with Crippen LogP contribution in [-0.4, -0.2) is 69.4 Å². The van der Waals surface area contributed by atoms with Gasteiger partial charge in [0.1, 0.15) is 11.6 Å². The minimum absolute atomic E-state index is 0.0465. The fourth-order valence-electron chi connectivity index (χ4n) is 2.54. The highest BCUT2D eigenvalue weighted by molar-refractivity contribution is 5.82. The topological polar surface area (TPSA) is 54.3 Å². The number of aromatic nitrogens is 3. The second kappa shape index (κ2) is 5.86. The molecule has 1 aromatic heterocycles. The summed E-state index contributed by atoms with van der Waals surface area (Å²) in [5, 5.41) is 4.26. The zero-order valence-corrected chi connectivity index (χ0v) is 13.1. The second-order valence-corrected chi connectivity index (χ2v) is 5.75. The van der Waals surface area contributed by atoms with Gasteiger partial charge in [-0.25, -0.2) is 9.67 Å². The standard InChI is InChI=1S/C13H20F3N5O/c1-8(19(4)7-13(14,15)16)12(22)20-5-11(6-20)21-10(3)17-9(2)18-21/h8,11H,5-7H2,1-4H3. The monoisotopic (exact) mass is 319 g/mol. The van der Waals surface area contributed by atoms with Crippen molar-refractivity contribution in [2.24, 2.45) is 0 Å². The second-order valence-electron chi connectivity index (χ2n) is 5.75. The van der Waals surface area contributed by atoms with Crippen molar-refractivity contribution >= 4 is 5.91 Å². The molecule has 1 aromatic rings. The normalized spacial score (nSPS) is 17.7. The molecule has 9 heteroatoms. The third-order valence-electron chi connectivity index (χ3n) is 3.87. The molecule has 1 saturated heterocycles. The van der Waals surface area contributed by atoms with E-state index in [1.807, 2.05) is 6.92 Å². The Kier molecular flexibility index (Phi) is 4.46. The number of halogens is 3. The van der Waals surface area contributed by atoms with Gasteiger partial charge in [-0.2, -0.15) is 18.3 Å². The first-order chi connectivity index (χ1) is 10.1. The van der Waals surface area contributed by atoms with Crippen molar-refractivity contribution in [1.29, 1.82) is 0 Å². The zero-order valence-electron chi connectivity index (χ0n) is 13.1. The predicted octanol–water partition coefficient (Wildman–Crippen LogP) is 1.16. The first-order valence-electron chi connectivity index (χ1n) is 7.04. The lowest BCUT2D eigenvalue weighted by molar-refractivity contribution is -0.157. The summed E-state index contributed by atoms with van der Waals surface area (Å²) in [5.74, 6) is 1.15. The molecule has 1 atom stereocenters. The van der Waals surface area contributed by atoms with E-state index in [1.54, 1.807) is 16.5 Å². The first kappa shape index (κ1) is 16.7. The predicted molar refractivity (Wildman–Crippen MR) is 73.3 cm³/mol. The maximum absolute atomic E-state index is 12.4. The van der Waals surface area contributed by atoms with Crippen molar-refractivity contribution < 1.29 is 18.0 Å². The minimum Gasteiger partial charge on any atom is -0.337 e. The number of carbonyl (C=O) groups is 1. The van der Waals surface area contributed by atoms with E-state index in [1.165, 1.54) is 14.0 Å². The largest absolute Gasteiger partial charge is 0.401 e. The summed E-state index contributed by atoms with van der Waals surface area (Å²) in [7, 11) is 1.30. The lowest BCUT2D eigenvalue weighted by Gasteiger charge is -2.41. The molecular formula is C13H20F3N5O. The number of aryl methyl sites for hydroxylation is 2. The van der Waals surface area contributed by atoms with E-state index in [9.17, 15) is 18.0 Å². The summed E-state index contributed by atoms with van der Waals surface area (Å²) in [6.45, 7) is 4.92. The number of hydrogen-bond donors (Lipinski definition) is 0. The van der Waals surface area contributed by atoms with Crippen LogP contribution in [0.1, 0.15) is 24.6 Å². The number of likely N-dealkylation sites (tertiary alicyclic amines) is 1. The van der Waals surface area contributed by atoms with Gasteiger partial charge >= 0.3 is 6.18 Å². The highest BCUT2D eigenvalue weighted by atomic mass is 19.4. The number of likely N-dealkylation sites (N-methyl/N-ethyl adjacent to an activating group) is 1. The Morgan fingerprint density at radius 3 is 2.45 bits per heavy atom. The van der Waals surface area contributed by atoms with Gasteiger partial charge in [0, 0.05) is 13.1 Å². The highest BCUT2D eigenvalue weighted by Crippen LogP contribution is 2.24. The van der Waals surface area contributed by atoms with E-state index < -0.39 is 18.8 Å². The van der Waals surface area contributed by atoms with Gasteiger partial charge in [-0.3, -0.25) is 9.69 Å². The average Bonchev–Trinajstić information content (AvgIpc) is 2.63. The van der Waals surface area contributed by atoms with Crippen LogP contribution in [0.5, 0.6) is 0 Å². The lowest BCUT2D eigenvalue weighted by atomic mass is 10.1. The third-order valence-corrected chi connectivity index (χ3v) is 3.87. The Morgan fingerprint density at radius 2 is 2.00 bits per heavy atom. The number of rotatable bonds is 4. The van der Waals surface area contributed by atoms with Crippen LogP contribution in [0.3, 0.4) is 0 Å². The van der Waals surface area contributed by atoms with Crippen LogP contribution in [0.25, 0.3) is 0 Å². The van der Waals surface area contributed by atoms with Crippen LogP contribution in [0.15, 0.2) is 0 Å². The van der Waals surface area contributed by atoms with E-state index in [2.05, 4.69) is 10.1 Å². The molecule has 0 aromatic carbocycles. The number of nitrogens with zero attached hydrogens (tertiary/aromatic N) is 5. The Morgan fingerprint density at radius 1 is 1.41 bits per heavy atom. The molecule has 124 valence electrons. The summed E-state index contributed by atoms with van der Waals surface area (Å²) in [5.41, 5.74) is 0. The lowest BCUT2D eigenvalue weighted by Crippen LogP contribution is -2.57. The SMILES string of the molecule is Cc1nc(C)n(C2CN(C(=O)C(C)N(C)CC(F)(F)F)C2)n1. The number of amides is 1. The van der Waals surface area contributed by atoms with Gasteiger partial charge in [0.2, 0.25) is 5.91 Å². The molecule has 0 spiro atoms. The molecule has 1 unspecified atom stereocenters. The van der Waals surface area contributed by atoms with E-state index in [0.29, 0.717) is 18.9 Å². The molecule has 2 rings (SSSR count). The molecule has 1 aliphatic rings. The summed E-state index contributed by atoms with van der Waals surface area (Å²) in [4.78, 5) is 19.0. The van der Waals surface area contributed by atoms with Crippen LogP contribution in [0, 0.1) is 13.8 Å². The molecule has 1 amide bonds. The number of hydrogen-bond acceptors (Lipinski definition) is 4. The van der Waals surface area contributed by atoms with Gasteiger partial charge in [-0.05, 0) is 27.8 Å². The molecule has 1 fully saturated rings. The van der Waals surface area contributed by atoms with Crippen molar-refractivity contribution in [3.05, 3.63) is 11.6 Å². The molecule has 0 bridgehead atoms. The van der Waals surface area contributed by atoms with Gasteiger partial charge in [0.25, 0.3) is 0 Å². The van der Waals surface area contributed by atoms with E-state index in [0.717, 1.165) is 10.7 Å². The van der Waals surface area contributed by atoms with Crippen LogP contribution in [-0.2, 0) is 4.79 Å². The molecule has 0 aliphatic carbocycles. The van der Waals surface area contributed by atoms with Gasteiger partial charge in [-0.15, -0.1) is 0 Å². The fraction of sp³-hybridized carbons (Fsp3) is 0.769. The fourth-order valence-corrected chi connectivity index (χ4v) is 2.54. The molecule has 0 N–H and O–H groups in total. The van der Waals surface area contributed by atoms with Crippen molar-refractivity contribution in [3.63, 3.8) is 0 Å². The summed E-state index contributed by atoms with van der Waals surface area (Å²) in [6, 6.07) is -0.758. The number of carbonyl (C=O) groups excluding carboxylic acids is 1. The Bertz CT molecular complexity index is 550. The van der Waals surface area contributed by atoms with Crippen LogP contribution in [0.4, 0.5) is 13.2 Å². The summed E-state index contributed by atoms with van der Waals surface area (Å²) >= 11 is 0. The van der Waals surface area contributed by atoms with Crippen molar-refractivity contribution in [2.75, 3.05) is 26.7 Å². The maximum atomic E-state index is 12.4. The molecular weight excluding hydrogens is 299 g/mol. The van der Waals surface area contributed by atoms with Crippen molar-refractivity contribution in [1.82, 2.24) is 24.6 Å². The van der Waals surface area contributed by atoms with E-state index in [-0.39, 0.29) is 11.9 Å². The van der Waals surface area contributed by atoms with Crippen LogP contribution < -0.4 is 0 Å². The molecule has 1 aliphatic heterocycles. The Labute approximate surface area is 126 Å². The van der Waals surface area contributed by atoms with Crippen molar-refractivity contribution in [2.45, 2.75) is 39.0 Å². The Balaban J connectivity index is 1.90. The summed E-state index contributed by atoms with van der Waals surface area (Å²) < 4.78 is 38.9. The van der Waals surface area contributed by atoms with Gasteiger partial charge in [0.05, 0.1) is 18.6 Å². The number of alkyl halides is 3. The van der Waals surface area contributed by atoms with Crippen LogP contribution in [0.2, 0.25) is 0 Å². The van der Waals surface area contributed by atoms with Crippen LogP contribution >= 0.6 is 0 Å². The third kappa shape index (κ3) is 3.57. The molecule has 0 saturated carbocycles. The first-order valence-corrected chi connectivity index (χ1v) is 7.04. The minimum atomic E-state index is -4.31. The maximum Gasteiger partial charge on any atom is 0.401 e. The Hall–Kier alpha value is -1.64. The average molecular weight is 319 g/mol. The van der Waals surface area contributed by atoms with Gasteiger partial charge < -0.3 is 4.90 Å². The molecule has 22 heavy (non-hydrogen) atoms. The molecule has 6 nitrogen and oxygen atoms in total. The van der Waals surface area contributed by atoms with Gasteiger partial charge in [0.15, 0.2) is 0 Å². The molecule has 0 radical (unpaired) electrons. The van der Waals surface area contributed by atoms with E-state index in [4.69, 9.17) is 0 Å². The summed E-state index contributed by atoms with van der Waals surface area (Å²) in [6.07, 6.45) is -4.31. The highest BCUT2D eigenvalue weighted by Gasteiger charge is 2.38. The zero-order chi connectivity index (χ0) is 16.7. The van der Waals surface area contributed by atoms with Crippen molar-refractivity contribution in [3.8, 4) is 0 Å². The van der Waals surface area contributed by atoms with E-state index >= 15 is 0 Å². The smallest absolute Gasteiger partial charge is 0.337 e. The molecule has 2 heterocycles. The quantitative estimate of drug-likeness (QED) is 0.836.